The summed E-state index contributed by atoms with van der Waals surface area (Å²) in [5, 5.41) is 2.91. The lowest BCUT2D eigenvalue weighted by molar-refractivity contribution is -0.148. The molecule has 5 unspecified atom stereocenters. The van der Waals surface area contributed by atoms with Crippen LogP contribution in [0.3, 0.4) is 0 Å². The van der Waals surface area contributed by atoms with Crippen LogP contribution in [0.15, 0.2) is 0 Å². The van der Waals surface area contributed by atoms with Crippen molar-refractivity contribution in [2.75, 3.05) is 6.54 Å². The van der Waals surface area contributed by atoms with E-state index in [2.05, 4.69) is 12.2 Å². The lowest BCUT2D eigenvalue weighted by atomic mass is 9.83. The summed E-state index contributed by atoms with van der Waals surface area (Å²) in [5.74, 6) is 2.94. The van der Waals surface area contributed by atoms with Gasteiger partial charge in [-0.2, -0.15) is 0 Å². The van der Waals surface area contributed by atoms with E-state index < -0.39 is 0 Å². The summed E-state index contributed by atoms with van der Waals surface area (Å²) in [7, 11) is 0. The van der Waals surface area contributed by atoms with Gasteiger partial charge in [-0.05, 0) is 62.7 Å². The van der Waals surface area contributed by atoms with Crippen LogP contribution in [0.5, 0.6) is 0 Å². The highest BCUT2D eigenvalue weighted by Gasteiger charge is 2.48. The molecule has 0 aromatic rings. The van der Waals surface area contributed by atoms with E-state index in [4.69, 9.17) is 0 Å². The zero-order valence-corrected chi connectivity index (χ0v) is 12.2. The molecule has 5 atom stereocenters. The summed E-state index contributed by atoms with van der Waals surface area (Å²) >= 11 is 0. The number of rotatable bonds is 3. The van der Waals surface area contributed by atoms with Crippen LogP contribution in [-0.2, 0) is 9.59 Å². The van der Waals surface area contributed by atoms with E-state index in [0.717, 1.165) is 24.7 Å². The molecule has 1 N–H and O–H groups in total. The highest BCUT2D eigenvalue weighted by Crippen LogP contribution is 2.50. The van der Waals surface area contributed by atoms with E-state index in [1.165, 1.54) is 25.7 Å². The molecule has 1 aliphatic heterocycles. The minimum atomic E-state index is -0.225. The SMILES string of the molecule is CC(C1CC2CCC1C2)N1CC(=O)NC(C2CC2)C1=O. The van der Waals surface area contributed by atoms with Crippen LogP contribution in [-0.4, -0.2) is 35.3 Å². The first-order chi connectivity index (χ1) is 9.63. The number of hydrogen-bond donors (Lipinski definition) is 1. The van der Waals surface area contributed by atoms with E-state index in [1.54, 1.807) is 0 Å². The minimum Gasteiger partial charge on any atom is -0.342 e. The van der Waals surface area contributed by atoms with Gasteiger partial charge >= 0.3 is 0 Å². The van der Waals surface area contributed by atoms with Crippen LogP contribution in [0.2, 0.25) is 0 Å². The first-order valence-electron chi connectivity index (χ1n) is 8.23. The summed E-state index contributed by atoms with van der Waals surface area (Å²) in [4.78, 5) is 26.5. The second kappa shape index (κ2) is 4.47. The Labute approximate surface area is 120 Å². The third-order valence-corrected chi connectivity index (χ3v) is 6.18. The smallest absolute Gasteiger partial charge is 0.246 e. The maximum atomic E-state index is 12.7. The van der Waals surface area contributed by atoms with Gasteiger partial charge in [0.05, 0.1) is 6.54 Å². The van der Waals surface area contributed by atoms with Gasteiger partial charge in [0.15, 0.2) is 0 Å². The van der Waals surface area contributed by atoms with Crippen molar-refractivity contribution < 1.29 is 9.59 Å². The van der Waals surface area contributed by atoms with E-state index in [1.807, 2.05) is 4.90 Å². The van der Waals surface area contributed by atoms with Gasteiger partial charge in [-0.25, -0.2) is 0 Å². The molecule has 110 valence electrons. The number of nitrogens with zero attached hydrogens (tertiary/aromatic N) is 1. The second-order valence-electron chi connectivity index (χ2n) is 7.43. The fourth-order valence-corrected chi connectivity index (χ4v) is 4.90. The Kier molecular flexibility index (Phi) is 2.83. The molecule has 0 aromatic heterocycles. The van der Waals surface area contributed by atoms with Crippen LogP contribution in [0.4, 0.5) is 0 Å². The first-order valence-corrected chi connectivity index (χ1v) is 8.23. The topological polar surface area (TPSA) is 49.4 Å². The summed E-state index contributed by atoms with van der Waals surface area (Å²) in [6.45, 7) is 2.45. The Bertz CT molecular complexity index is 446. The van der Waals surface area contributed by atoms with Gasteiger partial charge < -0.3 is 10.2 Å². The molecule has 4 aliphatic rings. The van der Waals surface area contributed by atoms with Gasteiger partial charge in [0, 0.05) is 6.04 Å². The summed E-state index contributed by atoms with van der Waals surface area (Å²) < 4.78 is 0. The fraction of sp³-hybridized carbons (Fsp3) is 0.875. The molecular weight excluding hydrogens is 252 g/mol. The maximum Gasteiger partial charge on any atom is 0.246 e. The number of hydrogen-bond acceptors (Lipinski definition) is 2. The van der Waals surface area contributed by atoms with Crippen LogP contribution in [0.1, 0.15) is 45.4 Å². The van der Waals surface area contributed by atoms with Gasteiger partial charge in [-0.3, -0.25) is 9.59 Å². The van der Waals surface area contributed by atoms with Crippen molar-refractivity contribution in [1.29, 1.82) is 0 Å². The van der Waals surface area contributed by atoms with Gasteiger partial charge in [0.2, 0.25) is 11.8 Å². The normalized spacial score (nSPS) is 42.0. The van der Waals surface area contributed by atoms with Crippen LogP contribution >= 0.6 is 0 Å². The lowest BCUT2D eigenvalue weighted by Crippen LogP contribution is -2.62. The maximum absolute atomic E-state index is 12.7. The Balaban J connectivity index is 1.51. The molecule has 0 aromatic carbocycles. The molecule has 4 rings (SSSR count). The van der Waals surface area contributed by atoms with Crippen LogP contribution < -0.4 is 5.32 Å². The van der Waals surface area contributed by atoms with Gasteiger partial charge in [-0.1, -0.05) is 6.42 Å². The monoisotopic (exact) mass is 276 g/mol. The molecule has 1 saturated heterocycles. The van der Waals surface area contributed by atoms with E-state index in [0.29, 0.717) is 11.8 Å². The molecule has 3 aliphatic carbocycles. The Hall–Kier alpha value is -1.06. The second-order valence-corrected chi connectivity index (χ2v) is 7.43. The van der Waals surface area contributed by atoms with Gasteiger partial charge in [-0.15, -0.1) is 0 Å². The van der Waals surface area contributed by atoms with Crippen molar-refractivity contribution in [2.45, 2.75) is 57.5 Å². The van der Waals surface area contributed by atoms with Crippen LogP contribution in [0, 0.1) is 23.7 Å². The fourth-order valence-electron chi connectivity index (χ4n) is 4.90. The third kappa shape index (κ3) is 1.95. The Morgan fingerprint density at radius 1 is 1.10 bits per heavy atom. The lowest BCUT2D eigenvalue weighted by Gasteiger charge is -2.41. The average molecular weight is 276 g/mol. The number of carbonyl (C=O) groups excluding carboxylic acids is 2. The predicted molar refractivity (Wildman–Crippen MR) is 74.8 cm³/mol. The minimum absolute atomic E-state index is 0.0384. The number of piperazine rings is 1. The highest BCUT2D eigenvalue weighted by molar-refractivity contribution is 5.95. The van der Waals surface area contributed by atoms with Crippen molar-refractivity contribution >= 4 is 11.8 Å². The van der Waals surface area contributed by atoms with Crippen molar-refractivity contribution in [3.63, 3.8) is 0 Å². The van der Waals surface area contributed by atoms with Crippen molar-refractivity contribution in [3.8, 4) is 0 Å². The largest absolute Gasteiger partial charge is 0.342 e. The predicted octanol–water partition coefficient (Wildman–Crippen LogP) is 1.55. The molecule has 0 spiro atoms. The zero-order chi connectivity index (χ0) is 13.9. The summed E-state index contributed by atoms with van der Waals surface area (Å²) in [5.41, 5.74) is 0. The highest BCUT2D eigenvalue weighted by atomic mass is 16.2. The number of nitrogens with one attached hydrogen (secondary N) is 1. The average Bonchev–Trinajstić information content (AvgIpc) is 3.06. The molecule has 2 amide bonds. The number of amides is 2. The molecule has 2 bridgehead atoms. The van der Waals surface area contributed by atoms with Crippen molar-refractivity contribution in [3.05, 3.63) is 0 Å². The molecular formula is C16H24N2O2. The summed E-state index contributed by atoms with van der Waals surface area (Å²) in [6.07, 6.45) is 7.52. The van der Waals surface area contributed by atoms with Crippen LogP contribution in [0.25, 0.3) is 0 Å². The third-order valence-electron chi connectivity index (χ3n) is 6.18. The quantitative estimate of drug-likeness (QED) is 0.850. The zero-order valence-electron chi connectivity index (χ0n) is 12.2. The van der Waals surface area contributed by atoms with Crippen molar-refractivity contribution in [1.82, 2.24) is 10.2 Å². The molecule has 4 fully saturated rings. The Morgan fingerprint density at radius 2 is 1.85 bits per heavy atom. The molecule has 0 radical (unpaired) electrons. The first kappa shape index (κ1) is 12.7. The van der Waals surface area contributed by atoms with Crippen molar-refractivity contribution in [2.24, 2.45) is 23.7 Å². The van der Waals surface area contributed by atoms with E-state index in [9.17, 15) is 9.59 Å². The molecule has 4 nitrogen and oxygen atoms in total. The Morgan fingerprint density at radius 3 is 2.45 bits per heavy atom. The van der Waals surface area contributed by atoms with E-state index >= 15 is 0 Å². The molecule has 20 heavy (non-hydrogen) atoms. The molecule has 1 heterocycles. The standard InChI is InChI=1S/C16H24N2O2/c1-9(13-7-10-2-3-12(13)6-10)18-8-14(19)17-15(16(18)20)11-4-5-11/h9-13,15H,2-8H2,1H3,(H,17,19). The number of carbonyl (C=O) groups is 2. The summed E-state index contributed by atoms with van der Waals surface area (Å²) in [6, 6.07) is 0.0161. The van der Waals surface area contributed by atoms with Gasteiger partial charge in [0.25, 0.3) is 0 Å². The number of fused-ring (bicyclic) bond motifs is 2. The molecule has 3 saturated carbocycles. The van der Waals surface area contributed by atoms with E-state index in [-0.39, 0.29) is 30.4 Å². The van der Waals surface area contributed by atoms with Gasteiger partial charge in [0.1, 0.15) is 6.04 Å². The molecule has 4 heteroatoms.